The quantitative estimate of drug-likeness (QED) is 0.851. The molecule has 0 bridgehead atoms. The minimum absolute atomic E-state index is 0.0399. The van der Waals surface area contributed by atoms with Gasteiger partial charge >= 0.3 is 0 Å². The van der Waals surface area contributed by atoms with Crippen molar-refractivity contribution in [2.75, 3.05) is 7.11 Å². The number of rotatable bonds is 5. The van der Waals surface area contributed by atoms with Crippen LogP contribution in [0.3, 0.4) is 0 Å². The largest absolute Gasteiger partial charge is 0.504 e. The van der Waals surface area contributed by atoms with Gasteiger partial charge in [0.1, 0.15) is 12.2 Å². The second-order valence-electron chi connectivity index (χ2n) is 4.37. The van der Waals surface area contributed by atoms with Crippen LogP contribution in [0.2, 0.25) is 0 Å². The van der Waals surface area contributed by atoms with Crippen LogP contribution in [0, 0.1) is 0 Å². The van der Waals surface area contributed by atoms with Gasteiger partial charge in [-0.15, -0.1) is 10.2 Å². The molecule has 0 spiro atoms. The first kappa shape index (κ1) is 13.4. The molecule has 19 heavy (non-hydrogen) atoms. The van der Waals surface area contributed by atoms with E-state index in [1.807, 2.05) is 30.7 Å². The number of aryl methyl sites for hydroxylation is 1. The molecule has 2 rings (SSSR count). The Hall–Kier alpha value is -2.08. The van der Waals surface area contributed by atoms with E-state index in [1.165, 1.54) is 7.11 Å². The van der Waals surface area contributed by atoms with Crippen molar-refractivity contribution in [3.05, 3.63) is 35.9 Å². The van der Waals surface area contributed by atoms with Gasteiger partial charge in [-0.3, -0.25) is 0 Å². The van der Waals surface area contributed by atoms with Crippen molar-refractivity contribution < 1.29 is 9.84 Å². The summed E-state index contributed by atoms with van der Waals surface area (Å²) in [5, 5.41) is 21.2. The lowest BCUT2D eigenvalue weighted by Crippen LogP contribution is -2.21. The van der Waals surface area contributed by atoms with Gasteiger partial charge in [0.2, 0.25) is 0 Å². The van der Waals surface area contributed by atoms with Gasteiger partial charge in [-0.05, 0) is 13.0 Å². The number of phenols is 1. The average Bonchev–Trinajstić information content (AvgIpc) is 2.83. The van der Waals surface area contributed by atoms with Crippen LogP contribution in [0.25, 0.3) is 0 Å². The Kier molecular flexibility index (Phi) is 4.01. The number of para-hydroxylation sites is 1. The zero-order valence-corrected chi connectivity index (χ0v) is 11.3. The van der Waals surface area contributed by atoms with E-state index < -0.39 is 0 Å². The first-order valence-electron chi connectivity index (χ1n) is 6.05. The predicted molar refractivity (Wildman–Crippen MR) is 70.9 cm³/mol. The van der Waals surface area contributed by atoms with Crippen LogP contribution in [0.15, 0.2) is 24.5 Å². The molecule has 1 atom stereocenters. The molecule has 0 aliphatic heterocycles. The zero-order valence-electron chi connectivity index (χ0n) is 11.3. The molecule has 102 valence electrons. The molecule has 0 radical (unpaired) electrons. The molecule has 0 aliphatic rings. The van der Waals surface area contributed by atoms with Crippen LogP contribution in [0.1, 0.15) is 24.4 Å². The minimum atomic E-state index is 0.0399. The third-order valence-corrected chi connectivity index (χ3v) is 3.03. The Labute approximate surface area is 112 Å². The average molecular weight is 262 g/mol. The van der Waals surface area contributed by atoms with Crippen LogP contribution >= 0.6 is 0 Å². The second kappa shape index (κ2) is 5.71. The molecule has 1 heterocycles. The summed E-state index contributed by atoms with van der Waals surface area (Å²) in [6.07, 6.45) is 1.66. The van der Waals surface area contributed by atoms with Crippen molar-refractivity contribution in [2.24, 2.45) is 7.05 Å². The molecule has 1 aromatic carbocycles. The highest BCUT2D eigenvalue weighted by atomic mass is 16.5. The van der Waals surface area contributed by atoms with Gasteiger partial charge in [0.25, 0.3) is 0 Å². The molecule has 2 N–H and O–H groups in total. The molecule has 6 nitrogen and oxygen atoms in total. The number of aromatic hydroxyl groups is 1. The lowest BCUT2D eigenvalue weighted by molar-refractivity contribution is 0.368. The van der Waals surface area contributed by atoms with Crippen molar-refractivity contribution in [1.29, 1.82) is 0 Å². The van der Waals surface area contributed by atoms with E-state index >= 15 is 0 Å². The van der Waals surface area contributed by atoms with Gasteiger partial charge in [-0.1, -0.05) is 12.1 Å². The van der Waals surface area contributed by atoms with Gasteiger partial charge in [-0.25, -0.2) is 0 Å². The number of nitrogens with zero attached hydrogens (tertiary/aromatic N) is 3. The smallest absolute Gasteiger partial charge is 0.162 e. The number of benzene rings is 1. The predicted octanol–water partition coefficient (Wildman–Crippen LogP) is 1.38. The first-order chi connectivity index (χ1) is 9.13. The fourth-order valence-electron chi connectivity index (χ4n) is 1.91. The summed E-state index contributed by atoms with van der Waals surface area (Å²) in [7, 11) is 3.44. The topological polar surface area (TPSA) is 72.2 Å². The molecule has 0 fully saturated rings. The molecule has 1 unspecified atom stereocenters. The number of nitrogens with one attached hydrogen (secondary N) is 1. The number of hydrogen-bond acceptors (Lipinski definition) is 5. The SMILES string of the molecule is COc1cccc(CNC(C)c2nncn2C)c1O. The maximum Gasteiger partial charge on any atom is 0.162 e. The van der Waals surface area contributed by atoms with E-state index in [9.17, 15) is 5.11 Å². The molecule has 6 heteroatoms. The summed E-state index contributed by atoms with van der Waals surface area (Å²) >= 11 is 0. The standard InChI is InChI=1S/C13H18N4O2/c1-9(13-16-15-8-17(13)2)14-7-10-5-4-6-11(19-3)12(10)18/h4-6,8-9,14,18H,7H2,1-3H3. The monoisotopic (exact) mass is 262 g/mol. The van der Waals surface area contributed by atoms with E-state index in [2.05, 4.69) is 15.5 Å². The van der Waals surface area contributed by atoms with E-state index in [0.717, 1.165) is 11.4 Å². The Bertz CT molecular complexity index is 553. The summed E-state index contributed by atoms with van der Waals surface area (Å²) in [5.41, 5.74) is 0.786. The summed E-state index contributed by atoms with van der Waals surface area (Å²) in [4.78, 5) is 0. The molecule has 0 aliphatic carbocycles. The number of hydrogen-bond donors (Lipinski definition) is 2. The summed E-state index contributed by atoms with van der Waals surface area (Å²) in [5.74, 6) is 1.50. The van der Waals surface area contributed by atoms with Crippen LogP contribution in [-0.4, -0.2) is 27.0 Å². The minimum Gasteiger partial charge on any atom is -0.504 e. The number of phenolic OH excluding ortho intramolecular Hbond substituents is 1. The van der Waals surface area contributed by atoms with Crippen molar-refractivity contribution >= 4 is 0 Å². The summed E-state index contributed by atoms with van der Waals surface area (Å²) in [6, 6.07) is 5.47. The highest BCUT2D eigenvalue weighted by molar-refractivity contribution is 5.45. The van der Waals surface area contributed by atoms with Crippen molar-refractivity contribution in [3.8, 4) is 11.5 Å². The van der Waals surface area contributed by atoms with Gasteiger partial charge in [0.15, 0.2) is 11.5 Å². The van der Waals surface area contributed by atoms with Crippen LogP contribution < -0.4 is 10.1 Å². The van der Waals surface area contributed by atoms with Gasteiger partial charge in [0.05, 0.1) is 13.2 Å². The van der Waals surface area contributed by atoms with Crippen LogP contribution in [-0.2, 0) is 13.6 Å². The van der Waals surface area contributed by atoms with Crippen LogP contribution in [0.4, 0.5) is 0 Å². The fraction of sp³-hybridized carbons (Fsp3) is 0.385. The van der Waals surface area contributed by atoms with Crippen molar-refractivity contribution in [2.45, 2.75) is 19.5 Å². The van der Waals surface area contributed by atoms with Crippen molar-refractivity contribution in [1.82, 2.24) is 20.1 Å². The third-order valence-electron chi connectivity index (χ3n) is 3.03. The molecular formula is C13H18N4O2. The second-order valence-corrected chi connectivity index (χ2v) is 4.37. The molecular weight excluding hydrogens is 244 g/mol. The fourth-order valence-corrected chi connectivity index (χ4v) is 1.91. The normalized spacial score (nSPS) is 12.4. The Balaban J connectivity index is 2.05. The Morgan fingerprint density at radius 2 is 2.26 bits per heavy atom. The summed E-state index contributed by atoms with van der Waals surface area (Å²) in [6.45, 7) is 2.53. The molecule has 0 saturated heterocycles. The van der Waals surface area contributed by atoms with Crippen LogP contribution in [0.5, 0.6) is 11.5 Å². The highest BCUT2D eigenvalue weighted by Crippen LogP contribution is 2.29. The van der Waals surface area contributed by atoms with Crippen molar-refractivity contribution in [3.63, 3.8) is 0 Å². The maximum atomic E-state index is 9.99. The summed E-state index contributed by atoms with van der Waals surface area (Å²) < 4.78 is 6.94. The highest BCUT2D eigenvalue weighted by Gasteiger charge is 2.12. The number of methoxy groups -OCH3 is 1. The molecule has 0 saturated carbocycles. The lowest BCUT2D eigenvalue weighted by Gasteiger charge is -2.14. The van der Waals surface area contributed by atoms with Gasteiger partial charge in [0, 0.05) is 19.2 Å². The first-order valence-corrected chi connectivity index (χ1v) is 6.05. The van der Waals surface area contributed by atoms with E-state index in [1.54, 1.807) is 12.4 Å². The van der Waals surface area contributed by atoms with E-state index in [4.69, 9.17) is 4.74 Å². The van der Waals surface area contributed by atoms with Gasteiger partial charge < -0.3 is 19.7 Å². The third kappa shape index (κ3) is 2.85. The van der Waals surface area contributed by atoms with E-state index in [0.29, 0.717) is 12.3 Å². The van der Waals surface area contributed by atoms with E-state index in [-0.39, 0.29) is 11.8 Å². The Morgan fingerprint density at radius 1 is 1.47 bits per heavy atom. The Morgan fingerprint density at radius 3 is 2.89 bits per heavy atom. The zero-order chi connectivity index (χ0) is 13.8. The molecule has 2 aromatic rings. The number of ether oxygens (including phenoxy) is 1. The maximum absolute atomic E-state index is 9.99. The lowest BCUT2D eigenvalue weighted by atomic mass is 10.1. The molecule has 1 aromatic heterocycles. The number of aromatic nitrogens is 3. The molecule has 0 amide bonds. The van der Waals surface area contributed by atoms with Gasteiger partial charge in [-0.2, -0.15) is 0 Å².